The Bertz CT molecular complexity index is 874. The van der Waals surface area contributed by atoms with Crippen molar-refractivity contribution in [1.82, 2.24) is 20.1 Å². The first-order valence-corrected chi connectivity index (χ1v) is 8.38. The summed E-state index contributed by atoms with van der Waals surface area (Å²) >= 11 is 0. The van der Waals surface area contributed by atoms with Gasteiger partial charge in [-0.15, -0.1) is 10.2 Å². The zero-order valence-corrected chi connectivity index (χ0v) is 13.7. The number of aromatic nitrogens is 3. The third-order valence-electron chi connectivity index (χ3n) is 4.58. The second kappa shape index (κ2) is 6.11. The van der Waals surface area contributed by atoms with Crippen molar-refractivity contribution in [2.24, 2.45) is 0 Å². The van der Waals surface area contributed by atoms with Crippen molar-refractivity contribution < 1.29 is 9.21 Å². The molecule has 3 aromatic rings. The minimum Gasteiger partial charge on any atom is -0.421 e. The number of rotatable bonds is 4. The summed E-state index contributed by atoms with van der Waals surface area (Å²) in [6, 6.07) is 8.32. The van der Waals surface area contributed by atoms with E-state index >= 15 is 0 Å². The smallest absolute Gasteiger partial charge is 0.247 e. The maximum atomic E-state index is 12.3. The van der Waals surface area contributed by atoms with Gasteiger partial charge in [0.15, 0.2) is 0 Å². The fourth-order valence-corrected chi connectivity index (χ4v) is 3.37. The van der Waals surface area contributed by atoms with Crippen LogP contribution < -0.4 is 5.32 Å². The molecule has 1 N–H and O–H groups in total. The molecular weight excluding hydrogens is 304 g/mol. The molecule has 4 rings (SSSR count). The zero-order valence-electron chi connectivity index (χ0n) is 13.7. The lowest BCUT2D eigenvalue weighted by molar-refractivity contribution is -0.122. The summed E-state index contributed by atoms with van der Waals surface area (Å²) < 4.78 is 7.46. The van der Waals surface area contributed by atoms with E-state index in [0.717, 1.165) is 29.3 Å². The molecule has 0 bridgehead atoms. The van der Waals surface area contributed by atoms with Gasteiger partial charge in [-0.3, -0.25) is 4.79 Å². The highest BCUT2D eigenvalue weighted by molar-refractivity contribution is 5.86. The van der Waals surface area contributed by atoms with Crippen molar-refractivity contribution in [2.75, 3.05) is 0 Å². The summed E-state index contributed by atoms with van der Waals surface area (Å²) in [5.74, 6) is 1.10. The van der Waals surface area contributed by atoms with Gasteiger partial charge < -0.3 is 14.3 Å². The van der Waals surface area contributed by atoms with E-state index in [1.807, 2.05) is 35.0 Å². The Morgan fingerprint density at radius 3 is 2.88 bits per heavy atom. The maximum absolute atomic E-state index is 12.3. The van der Waals surface area contributed by atoms with Crippen LogP contribution in [-0.4, -0.2) is 26.7 Å². The Morgan fingerprint density at radius 1 is 1.29 bits per heavy atom. The lowest BCUT2D eigenvalue weighted by Gasteiger charge is -2.13. The highest BCUT2D eigenvalue weighted by Gasteiger charge is 2.17. The first-order valence-electron chi connectivity index (χ1n) is 8.38. The van der Waals surface area contributed by atoms with Crippen molar-refractivity contribution in [3.8, 4) is 11.5 Å². The zero-order chi connectivity index (χ0) is 16.5. The van der Waals surface area contributed by atoms with E-state index in [0.29, 0.717) is 24.4 Å². The highest BCUT2D eigenvalue weighted by atomic mass is 16.4. The number of nitrogens with one attached hydrogen (secondary N) is 1. The second-order valence-corrected chi connectivity index (χ2v) is 6.39. The molecule has 1 aromatic carbocycles. The van der Waals surface area contributed by atoms with Gasteiger partial charge in [-0.1, -0.05) is 18.9 Å². The molecule has 1 saturated carbocycles. The number of amides is 1. The van der Waals surface area contributed by atoms with E-state index in [1.54, 1.807) is 6.92 Å². The van der Waals surface area contributed by atoms with Crippen LogP contribution in [0.3, 0.4) is 0 Å². The van der Waals surface area contributed by atoms with E-state index in [-0.39, 0.29) is 5.91 Å². The molecule has 1 aliphatic carbocycles. The predicted octanol–water partition coefficient (Wildman–Crippen LogP) is 3.06. The molecule has 0 aliphatic heterocycles. The van der Waals surface area contributed by atoms with Gasteiger partial charge in [0.2, 0.25) is 17.7 Å². The minimum absolute atomic E-state index is 0.0680. The van der Waals surface area contributed by atoms with E-state index in [4.69, 9.17) is 4.42 Å². The highest BCUT2D eigenvalue weighted by Crippen LogP contribution is 2.24. The monoisotopic (exact) mass is 324 g/mol. The van der Waals surface area contributed by atoms with Gasteiger partial charge in [0.25, 0.3) is 0 Å². The van der Waals surface area contributed by atoms with Crippen molar-refractivity contribution in [1.29, 1.82) is 0 Å². The molecule has 1 aliphatic rings. The molecule has 1 fully saturated rings. The van der Waals surface area contributed by atoms with Crippen LogP contribution in [0.4, 0.5) is 0 Å². The molecule has 24 heavy (non-hydrogen) atoms. The molecule has 0 saturated heterocycles. The van der Waals surface area contributed by atoms with Crippen LogP contribution in [0, 0.1) is 6.92 Å². The van der Waals surface area contributed by atoms with E-state index in [1.165, 1.54) is 12.8 Å². The summed E-state index contributed by atoms with van der Waals surface area (Å²) in [5, 5.41) is 12.1. The molecule has 6 nitrogen and oxygen atoms in total. The van der Waals surface area contributed by atoms with Gasteiger partial charge in [-0.2, -0.15) is 0 Å². The Hall–Kier alpha value is -2.63. The molecule has 1 amide bonds. The largest absolute Gasteiger partial charge is 0.421 e. The lowest BCUT2D eigenvalue weighted by atomic mass is 10.1. The molecular formula is C18H20N4O2. The fraction of sp³-hybridized carbons (Fsp3) is 0.389. The Kier molecular flexibility index (Phi) is 3.80. The van der Waals surface area contributed by atoms with Gasteiger partial charge >= 0.3 is 0 Å². The second-order valence-electron chi connectivity index (χ2n) is 6.39. The predicted molar refractivity (Wildman–Crippen MR) is 90.4 cm³/mol. The molecule has 0 atom stereocenters. The number of fused-ring (bicyclic) bond motifs is 1. The molecule has 2 aromatic heterocycles. The minimum atomic E-state index is 0.0680. The average molecular weight is 324 g/mol. The third kappa shape index (κ3) is 2.91. The first kappa shape index (κ1) is 14.9. The number of nitrogens with zero attached hydrogens (tertiary/aromatic N) is 3. The topological polar surface area (TPSA) is 73.0 Å². The van der Waals surface area contributed by atoms with Crippen LogP contribution in [0.2, 0.25) is 0 Å². The van der Waals surface area contributed by atoms with Crippen LogP contribution in [0.5, 0.6) is 0 Å². The molecule has 6 heteroatoms. The molecule has 0 unspecified atom stereocenters. The molecule has 2 heterocycles. The lowest BCUT2D eigenvalue weighted by Crippen LogP contribution is -2.35. The number of carbonyl (C=O) groups is 1. The van der Waals surface area contributed by atoms with Crippen molar-refractivity contribution >= 4 is 16.8 Å². The van der Waals surface area contributed by atoms with E-state index in [2.05, 4.69) is 15.5 Å². The van der Waals surface area contributed by atoms with Gasteiger partial charge in [0.1, 0.15) is 6.54 Å². The maximum Gasteiger partial charge on any atom is 0.247 e. The third-order valence-corrected chi connectivity index (χ3v) is 4.58. The van der Waals surface area contributed by atoms with E-state index < -0.39 is 0 Å². The standard InChI is InChI=1S/C18H20N4O2/c1-12-20-21-18(24-12)14-7-6-13-8-9-22(16(13)10-14)11-17(23)19-15-4-2-3-5-15/h6-10,15H,2-5,11H2,1H3,(H,19,23). The summed E-state index contributed by atoms with van der Waals surface area (Å²) in [6.45, 7) is 2.09. The van der Waals surface area contributed by atoms with Crippen LogP contribution >= 0.6 is 0 Å². The van der Waals surface area contributed by atoms with Crippen molar-refractivity contribution in [2.45, 2.75) is 45.2 Å². The summed E-state index contributed by atoms with van der Waals surface area (Å²) in [7, 11) is 0. The van der Waals surface area contributed by atoms with Crippen LogP contribution in [0.25, 0.3) is 22.4 Å². The number of benzene rings is 1. The number of carbonyl (C=O) groups excluding carboxylic acids is 1. The Balaban J connectivity index is 1.57. The quantitative estimate of drug-likeness (QED) is 0.800. The van der Waals surface area contributed by atoms with Crippen molar-refractivity contribution in [3.63, 3.8) is 0 Å². The summed E-state index contributed by atoms with van der Waals surface area (Å²) in [6.07, 6.45) is 6.56. The summed E-state index contributed by atoms with van der Waals surface area (Å²) in [4.78, 5) is 12.3. The van der Waals surface area contributed by atoms with Crippen LogP contribution in [0.15, 0.2) is 34.9 Å². The number of hydrogen-bond donors (Lipinski definition) is 1. The Labute approximate surface area is 139 Å². The average Bonchev–Trinajstić information content (AvgIpc) is 3.29. The SMILES string of the molecule is Cc1nnc(-c2ccc3ccn(CC(=O)NC4CCCC4)c3c2)o1. The van der Waals surface area contributed by atoms with Crippen LogP contribution in [-0.2, 0) is 11.3 Å². The van der Waals surface area contributed by atoms with Crippen LogP contribution in [0.1, 0.15) is 31.6 Å². The number of aryl methyl sites for hydroxylation is 1. The van der Waals surface area contributed by atoms with Gasteiger partial charge in [-0.05, 0) is 36.4 Å². The van der Waals surface area contributed by atoms with Gasteiger partial charge in [0, 0.05) is 30.2 Å². The normalized spacial score (nSPS) is 15.2. The Morgan fingerprint density at radius 2 is 2.12 bits per heavy atom. The first-order chi connectivity index (χ1) is 11.7. The molecule has 0 radical (unpaired) electrons. The van der Waals surface area contributed by atoms with Gasteiger partial charge in [-0.25, -0.2) is 0 Å². The number of hydrogen-bond acceptors (Lipinski definition) is 4. The van der Waals surface area contributed by atoms with Gasteiger partial charge in [0.05, 0.1) is 0 Å². The molecule has 0 spiro atoms. The molecule has 124 valence electrons. The summed E-state index contributed by atoms with van der Waals surface area (Å²) in [5.41, 5.74) is 1.85. The van der Waals surface area contributed by atoms with Crippen molar-refractivity contribution in [3.05, 3.63) is 36.4 Å². The fourth-order valence-electron chi connectivity index (χ4n) is 3.37. The van der Waals surface area contributed by atoms with E-state index in [9.17, 15) is 4.79 Å².